The number of hydrogen-bond acceptors (Lipinski definition) is 7. The van der Waals surface area contributed by atoms with Crippen LogP contribution in [0.15, 0.2) is 53.4 Å². The van der Waals surface area contributed by atoms with Crippen molar-refractivity contribution in [3.05, 3.63) is 69.6 Å². The van der Waals surface area contributed by atoms with Crippen LogP contribution in [0.4, 0.5) is 5.69 Å². The van der Waals surface area contributed by atoms with Crippen LogP contribution in [-0.4, -0.2) is 38.2 Å². The summed E-state index contributed by atoms with van der Waals surface area (Å²) in [4.78, 5) is 30.4. The van der Waals surface area contributed by atoms with Crippen LogP contribution in [-0.2, 0) is 9.53 Å². The van der Waals surface area contributed by atoms with Gasteiger partial charge in [0, 0.05) is 17.1 Å². The molecule has 0 saturated carbocycles. The third-order valence-electron chi connectivity index (χ3n) is 4.39. The van der Waals surface area contributed by atoms with Gasteiger partial charge in [-0.2, -0.15) is 0 Å². The Balaban J connectivity index is 2.16. The maximum atomic E-state index is 13.6. The van der Waals surface area contributed by atoms with Gasteiger partial charge in [-0.3, -0.25) is 14.5 Å². The van der Waals surface area contributed by atoms with Gasteiger partial charge in [0.1, 0.15) is 12.6 Å². The number of ether oxygens (including phenoxy) is 3. The fourth-order valence-corrected chi connectivity index (χ4v) is 3.80. The molecule has 0 aliphatic carbocycles. The highest BCUT2D eigenvalue weighted by atomic mass is 35.5. The van der Waals surface area contributed by atoms with Gasteiger partial charge in [0.25, 0.3) is 12.4 Å². The van der Waals surface area contributed by atoms with Crippen molar-refractivity contribution in [2.75, 3.05) is 25.7 Å². The lowest BCUT2D eigenvalue weighted by Gasteiger charge is -2.31. The average Bonchev–Trinajstić information content (AvgIpc) is 3.30. The van der Waals surface area contributed by atoms with Crippen molar-refractivity contribution in [1.29, 1.82) is 0 Å². The van der Waals surface area contributed by atoms with Crippen LogP contribution in [0, 0.1) is 0 Å². The molecule has 3 rings (SSSR count). The molecule has 1 amide bonds. The fourth-order valence-electron chi connectivity index (χ4n) is 2.99. The van der Waals surface area contributed by atoms with Crippen molar-refractivity contribution in [3.8, 4) is 11.5 Å². The summed E-state index contributed by atoms with van der Waals surface area (Å²) < 4.78 is 15.7. The summed E-state index contributed by atoms with van der Waals surface area (Å²) in [6.45, 7) is 0.254. The topological polar surface area (TPSA) is 78.0 Å². The molecule has 0 aliphatic heterocycles. The summed E-state index contributed by atoms with van der Waals surface area (Å²) >= 11 is 7.67. The number of aromatic nitrogens is 1. The zero-order valence-electron chi connectivity index (χ0n) is 16.3. The molecule has 1 aromatic heterocycles. The number of nitrogens with zero attached hydrogens (tertiary/aromatic N) is 2. The van der Waals surface area contributed by atoms with Crippen LogP contribution in [0.3, 0.4) is 0 Å². The Bertz CT molecular complexity index is 1010. The highest BCUT2D eigenvalue weighted by Crippen LogP contribution is 2.36. The lowest BCUT2D eigenvalue weighted by molar-refractivity contribution is -0.129. The molecule has 0 radical (unpaired) electrons. The van der Waals surface area contributed by atoms with Gasteiger partial charge in [-0.15, -0.1) is 11.3 Å². The number of rotatable bonds is 9. The number of benzene rings is 2. The van der Waals surface area contributed by atoms with Crippen LogP contribution in [0.2, 0.25) is 5.02 Å². The number of carbonyl (C=O) groups is 2. The minimum Gasteiger partial charge on any atom is -0.493 e. The molecule has 0 bridgehead atoms. The van der Waals surface area contributed by atoms with E-state index in [-0.39, 0.29) is 12.5 Å². The first-order chi connectivity index (χ1) is 14.6. The molecule has 0 fully saturated rings. The molecule has 2 aromatic carbocycles. The number of methoxy groups -OCH3 is 2. The van der Waals surface area contributed by atoms with E-state index in [0.717, 1.165) is 0 Å². The Labute approximate surface area is 182 Å². The molecular weight excluding hydrogens is 428 g/mol. The monoisotopic (exact) mass is 446 g/mol. The van der Waals surface area contributed by atoms with E-state index >= 15 is 0 Å². The largest absolute Gasteiger partial charge is 0.493 e. The SMILES string of the molecule is COc1ccc(N(C(=O)c2ccccc2Cl)C(COC=O)c2cscn2)cc1OC. The Kier molecular flexibility index (Phi) is 7.26. The second kappa shape index (κ2) is 10.1. The summed E-state index contributed by atoms with van der Waals surface area (Å²) in [6.07, 6.45) is 0. The molecule has 30 heavy (non-hydrogen) atoms. The first-order valence-electron chi connectivity index (χ1n) is 8.84. The van der Waals surface area contributed by atoms with Gasteiger partial charge >= 0.3 is 0 Å². The second-order valence-corrected chi connectivity index (χ2v) is 7.18. The van der Waals surface area contributed by atoms with E-state index in [4.69, 9.17) is 25.8 Å². The summed E-state index contributed by atoms with van der Waals surface area (Å²) in [5, 5.41) is 2.10. The molecule has 0 N–H and O–H groups in total. The lowest BCUT2D eigenvalue weighted by Crippen LogP contribution is -2.38. The number of amides is 1. The van der Waals surface area contributed by atoms with Crippen LogP contribution < -0.4 is 14.4 Å². The second-order valence-electron chi connectivity index (χ2n) is 6.05. The lowest BCUT2D eigenvalue weighted by atomic mass is 10.1. The Morgan fingerprint density at radius 2 is 1.97 bits per heavy atom. The third-order valence-corrected chi connectivity index (χ3v) is 5.33. The molecule has 1 unspecified atom stereocenters. The third kappa shape index (κ3) is 4.55. The summed E-state index contributed by atoms with van der Waals surface area (Å²) in [5.41, 5.74) is 3.04. The molecule has 156 valence electrons. The van der Waals surface area contributed by atoms with Gasteiger partial charge in [-0.25, -0.2) is 4.98 Å². The van der Waals surface area contributed by atoms with Gasteiger partial charge in [-0.05, 0) is 24.3 Å². The summed E-state index contributed by atoms with van der Waals surface area (Å²) in [6, 6.07) is 11.2. The maximum absolute atomic E-state index is 13.6. The quantitative estimate of drug-likeness (QED) is 0.454. The van der Waals surface area contributed by atoms with E-state index in [1.807, 2.05) is 0 Å². The Morgan fingerprint density at radius 1 is 1.20 bits per heavy atom. The Hall–Kier alpha value is -3.10. The number of halogens is 1. The van der Waals surface area contributed by atoms with E-state index in [2.05, 4.69) is 4.98 Å². The number of anilines is 1. The molecule has 0 saturated heterocycles. The molecule has 0 aliphatic rings. The van der Waals surface area contributed by atoms with Gasteiger partial charge in [0.15, 0.2) is 11.5 Å². The standard InChI is InChI=1S/C21H19ClN2O5S/c1-27-19-8-7-14(9-20(19)28-2)24(21(26)15-5-3-4-6-16(15)22)18(10-29-13-25)17-11-30-12-23-17/h3-9,11-13,18H,10H2,1-2H3. The van der Waals surface area contributed by atoms with Crippen LogP contribution >= 0.6 is 22.9 Å². The van der Waals surface area contributed by atoms with Crippen molar-refractivity contribution in [1.82, 2.24) is 4.98 Å². The molecular formula is C21H19ClN2O5S. The molecule has 7 nitrogen and oxygen atoms in total. The van der Waals surface area contributed by atoms with E-state index in [0.29, 0.717) is 39.9 Å². The van der Waals surface area contributed by atoms with Gasteiger partial charge in [0.05, 0.1) is 36.0 Å². The normalized spacial score (nSPS) is 11.4. The molecule has 9 heteroatoms. The van der Waals surface area contributed by atoms with Crippen molar-refractivity contribution in [3.63, 3.8) is 0 Å². The predicted octanol–water partition coefficient (Wildman–Crippen LogP) is 4.37. The van der Waals surface area contributed by atoms with E-state index < -0.39 is 6.04 Å². The smallest absolute Gasteiger partial charge is 0.293 e. The molecule has 1 atom stereocenters. The fraction of sp³-hybridized carbons (Fsp3) is 0.190. The van der Waals surface area contributed by atoms with Crippen LogP contribution in [0.1, 0.15) is 22.1 Å². The van der Waals surface area contributed by atoms with E-state index in [9.17, 15) is 9.59 Å². The molecule has 0 spiro atoms. The zero-order valence-corrected chi connectivity index (χ0v) is 17.9. The van der Waals surface area contributed by atoms with Gasteiger partial charge < -0.3 is 14.2 Å². The van der Waals surface area contributed by atoms with Crippen LogP contribution in [0.25, 0.3) is 0 Å². The first kappa shape index (κ1) is 21.6. The van der Waals surface area contributed by atoms with Gasteiger partial charge in [0.2, 0.25) is 0 Å². The van der Waals surface area contributed by atoms with Gasteiger partial charge in [-0.1, -0.05) is 23.7 Å². The summed E-state index contributed by atoms with van der Waals surface area (Å²) in [7, 11) is 3.04. The molecule has 1 heterocycles. The van der Waals surface area contributed by atoms with E-state index in [1.54, 1.807) is 53.4 Å². The minimum absolute atomic E-state index is 0.0855. The Morgan fingerprint density at radius 3 is 2.60 bits per heavy atom. The average molecular weight is 447 g/mol. The number of thiazole rings is 1. The maximum Gasteiger partial charge on any atom is 0.293 e. The first-order valence-corrected chi connectivity index (χ1v) is 10.2. The van der Waals surface area contributed by atoms with Crippen molar-refractivity contribution < 1.29 is 23.8 Å². The predicted molar refractivity (Wildman–Crippen MR) is 115 cm³/mol. The number of carbonyl (C=O) groups excluding carboxylic acids is 2. The number of hydrogen-bond donors (Lipinski definition) is 0. The highest BCUT2D eigenvalue weighted by molar-refractivity contribution is 7.07. The van der Waals surface area contributed by atoms with Crippen molar-refractivity contribution >= 4 is 41.0 Å². The minimum atomic E-state index is -0.677. The van der Waals surface area contributed by atoms with Crippen molar-refractivity contribution in [2.24, 2.45) is 0 Å². The van der Waals surface area contributed by atoms with Crippen LogP contribution in [0.5, 0.6) is 11.5 Å². The van der Waals surface area contributed by atoms with Crippen molar-refractivity contribution in [2.45, 2.75) is 6.04 Å². The zero-order chi connectivity index (χ0) is 21.5. The highest BCUT2D eigenvalue weighted by Gasteiger charge is 2.31. The molecule has 3 aromatic rings. The summed E-state index contributed by atoms with van der Waals surface area (Å²) in [5.74, 6) is 0.585. The van der Waals surface area contributed by atoms with E-state index in [1.165, 1.54) is 30.5 Å².